The van der Waals surface area contributed by atoms with Crippen molar-refractivity contribution in [1.82, 2.24) is 14.9 Å². The second kappa shape index (κ2) is 5.65. The Balaban J connectivity index is 1.73. The highest BCUT2D eigenvalue weighted by molar-refractivity contribution is 6.23. The summed E-state index contributed by atoms with van der Waals surface area (Å²) in [4.78, 5) is 63.0. The molecule has 26 heavy (non-hydrogen) atoms. The highest BCUT2D eigenvalue weighted by atomic mass is 16.4. The van der Waals surface area contributed by atoms with Gasteiger partial charge in [-0.2, -0.15) is 0 Å². The van der Waals surface area contributed by atoms with Crippen LogP contribution in [-0.4, -0.2) is 68.3 Å². The predicted octanol–water partition coefficient (Wildman–Crippen LogP) is -0.126. The molecule has 134 valence electrons. The Morgan fingerprint density at radius 3 is 2.19 bits per heavy atom. The molecule has 1 aromatic carbocycles. The van der Waals surface area contributed by atoms with Gasteiger partial charge in [-0.1, -0.05) is 12.1 Å². The molecule has 2 saturated heterocycles. The summed E-state index contributed by atoms with van der Waals surface area (Å²) in [6.07, 6.45) is 0.0385. The third kappa shape index (κ3) is 2.13. The number of carbonyl (C=O) groups is 5. The van der Waals surface area contributed by atoms with Crippen molar-refractivity contribution in [3.63, 3.8) is 0 Å². The molecule has 0 spiro atoms. The third-order valence-electron chi connectivity index (χ3n) is 5.02. The summed E-state index contributed by atoms with van der Waals surface area (Å²) in [5, 5.41) is 11.4. The topological polar surface area (TPSA) is 115 Å². The van der Waals surface area contributed by atoms with Crippen LogP contribution in [0.5, 0.6) is 0 Å². The molecular formula is C17H15N3O6. The fourth-order valence-electron chi connectivity index (χ4n) is 3.78. The zero-order chi connectivity index (χ0) is 18.6. The highest BCUT2D eigenvalue weighted by Gasteiger charge is 2.51. The Morgan fingerprint density at radius 2 is 1.62 bits per heavy atom. The third-order valence-corrected chi connectivity index (χ3v) is 5.02. The first-order valence-corrected chi connectivity index (χ1v) is 8.25. The second-order valence-corrected chi connectivity index (χ2v) is 6.42. The molecule has 0 radical (unpaired) electrons. The Kier molecular flexibility index (Phi) is 3.53. The molecule has 0 bridgehead atoms. The van der Waals surface area contributed by atoms with E-state index in [2.05, 4.69) is 0 Å². The van der Waals surface area contributed by atoms with Gasteiger partial charge in [0, 0.05) is 19.4 Å². The first kappa shape index (κ1) is 16.2. The van der Waals surface area contributed by atoms with Crippen molar-refractivity contribution in [1.29, 1.82) is 0 Å². The van der Waals surface area contributed by atoms with E-state index in [-0.39, 0.29) is 42.8 Å². The maximum Gasteiger partial charge on any atom is 0.328 e. The molecule has 3 aliphatic rings. The summed E-state index contributed by atoms with van der Waals surface area (Å²) in [7, 11) is 0. The van der Waals surface area contributed by atoms with E-state index in [1.54, 1.807) is 12.1 Å². The van der Waals surface area contributed by atoms with E-state index in [9.17, 15) is 29.1 Å². The minimum absolute atomic E-state index is 0.0253. The van der Waals surface area contributed by atoms with Crippen LogP contribution in [-0.2, 0) is 14.4 Å². The van der Waals surface area contributed by atoms with Gasteiger partial charge in [0.2, 0.25) is 5.91 Å². The normalized spacial score (nSPS) is 25.5. The molecule has 9 nitrogen and oxygen atoms in total. The largest absolute Gasteiger partial charge is 0.480 e. The molecule has 0 unspecified atom stereocenters. The zero-order valence-corrected chi connectivity index (χ0v) is 13.6. The second-order valence-electron chi connectivity index (χ2n) is 6.42. The van der Waals surface area contributed by atoms with Gasteiger partial charge in [0.1, 0.15) is 6.04 Å². The molecule has 0 aliphatic carbocycles. The van der Waals surface area contributed by atoms with Crippen LogP contribution in [0.4, 0.5) is 0 Å². The van der Waals surface area contributed by atoms with E-state index in [4.69, 9.17) is 0 Å². The number of hydrogen-bond donors (Lipinski definition) is 1. The van der Waals surface area contributed by atoms with Crippen LogP contribution in [0.1, 0.15) is 40.0 Å². The number of carboxylic acid groups (broad SMARTS) is 1. The van der Waals surface area contributed by atoms with Gasteiger partial charge in [-0.25, -0.2) is 9.80 Å². The molecule has 2 atom stereocenters. The number of hydrazine groups is 1. The van der Waals surface area contributed by atoms with E-state index in [0.717, 1.165) is 14.9 Å². The molecule has 3 aliphatic heterocycles. The first-order valence-electron chi connectivity index (χ1n) is 8.25. The first-order chi connectivity index (χ1) is 12.4. The van der Waals surface area contributed by atoms with Crippen molar-refractivity contribution in [2.45, 2.75) is 31.3 Å². The Bertz CT molecular complexity index is 831. The summed E-state index contributed by atoms with van der Waals surface area (Å²) in [6.45, 7) is 0.121. The van der Waals surface area contributed by atoms with E-state index in [0.29, 0.717) is 0 Å². The quantitative estimate of drug-likeness (QED) is 0.738. The maximum absolute atomic E-state index is 13.0. The predicted molar refractivity (Wildman–Crippen MR) is 84.6 cm³/mol. The number of amides is 4. The molecule has 4 rings (SSSR count). The van der Waals surface area contributed by atoms with Crippen LogP contribution < -0.4 is 0 Å². The van der Waals surface area contributed by atoms with Crippen LogP contribution in [0.25, 0.3) is 0 Å². The van der Waals surface area contributed by atoms with Gasteiger partial charge in [0.05, 0.1) is 11.1 Å². The Morgan fingerprint density at radius 1 is 1.00 bits per heavy atom. The lowest BCUT2D eigenvalue weighted by Gasteiger charge is -2.32. The number of fused-ring (bicyclic) bond motifs is 2. The zero-order valence-electron chi connectivity index (χ0n) is 13.6. The molecule has 1 N–H and O–H groups in total. The molecule has 1 aromatic rings. The van der Waals surface area contributed by atoms with Crippen LogP contribution in [0.3, 0.4) is 0 Å². The number of benzene rings is 1. The van der Waals surface area contributed by atoms with Crippen molar-refractivity contribution >= 4 is 29.6 Å². The summed E-state index contributed by atoms with van der Waals surface area (Å²) >= 11 is 0. The lowest BCUT2D eigenvalue weighted by atomic mass is 10.1. The molecule has 4 amide bonds. The van der Waals surface area contributed by atoms with Crippen molar-refractivity contribution in [2.75, 3.05) is 6.54 Å². The van der Waals surface area contributed by atoms with Gasteiger partial charge in [-0.15, -0.1) is 0 Å². The van der Waals surface area contributed by atoms with Gasteiger partial charge < -0.3 is 5.11 Å². The SMILES string of the molecule is O=C(O)[C@H]1CCN2C(=O)CC[C@H](N3C(=O)c4ccccc4C3=O)C(=O)N12. The molecule has 0 saturated carbocycles. The average Bonchev–Trinajstić information content (AvgIpc) is 3.14. The minimum atomic E-state index is -1.23. The lowest BCUT2D eigenvalue weighted by molar-refractivity contribution is -0.166. The van der Waals surface area contributed by atoms with Crippen LogP contribution >= 0.6 is 0 Å². The van der Waals surface area contributed by atoms with Crippen LogP contribution in [0.2, 0.25) is 0 Å². The van der Waals surface area contributed by atoms with Crippen LogP contribution in [0, 0.1) is 0 Å². The van der Waals surface area contributed by atoms with Crippen molar-refractivity contribution in [3.05, 3.63) is 35.4 Å². The standard InChI is InChI=1S/C17H15N3O6/c21-13-6-5-11(16(24)20-12(17(25)26)7-8-18(13)20)19-14(22)9-3-1-2-4-10(9)15(19)23/h1-4,11-12H,5-8H2,(H,25,26)/t11-,12+/m0/s1. The molecular weight excluding hydrogens is 342 g/mol. The van der Waals surface area contributed by atoms with E-state index in [1.807, 2.05) is 0 Å². The van der Waals surface area contributed by atoms with Gasteiger partial charge in [0.25, 0.3) is 17.7 Å². The van der Waals surface area contributed by atoms with Crippen molar-refractivity contribution in [2.24, 2.45) is 0 Å². The minimum Gasteiger partial charge on any atom is -0.480 e. The Hall–Kier alpha value is -3.23. The fraction of sp³-hybridized carbons (Fsp3) is 0.353. The van der Waals surface area contributed by atoms with Crippen molar-refractivity contribution in [3.8, 4) is 0 Å². The van der Waals surface area contributed by atoms with Crippen LogP contribution in [0.15, 0.2) is 24.3 Å². The van der Waals surface area contributed by atoms with E-state index in [1.165, 1.54) is 12.1 Å². The summed E-state index contributed by atoms with van der Waals surface area (Å²) < 4.78 is 0. The molecule has 9 heteroatoms. The average molecular weight is 357 g/mol. The van der Waals surface area contributed by atoms with Gasteiger partial charge >= 0.3 is 5.97 Å². The number of rotatable bonds is 2. The smallest absolute Gasteiger partial charge is 0.328 e. The summed E-state index contributed by atoms with van der Waals surface area (Å²) in [6, 6.07) is 3.87. The molecule has 3 heterocycles. The number of nitrogens with zero attached hydrogens (tertiary/aromatic N) is 3. The monoisotopic (exact) mass is 357 g/mol. The summed E-state index contributed by atoms with van der Waals surface area (Å²) in [5.41, 5.74) is 0.405. The van der Waals surface area contributed by atoms with E-state index >= 15 is 0 Å². The number of aliphatic carboxylic acids is 1. The lowest BCUT2D eigenvalue weighted by Crippen LogP contribution is -2.56. The van der Waals surface area contributed by atoms with Gasteiger partial charge in [-0.3, -0.25) is 29.1 Å². The van der Waals surface area contributed by atoms with Crippen molar-refractivity contribution < 1.29 is 29.1 Å². The number of hydrogen-bond acceptors (Lipinski definition) is 5. The maximum atomic E-state index is 13.0. The molecule has 0 aromatic heterocycles. The van der Waals surface area contributed by atoms with Gasteiger partial charge in [-0.05, 0) is 18.6 Å². The number of carbonyl (C=O) groups excluding carboxylic acids is 4. The Labute approximate surface area is 147 Å². The highest BCUT2D eigenvalue weighted by Crippen LogP contribution is 2.31. The fourth-order valence-corrected chi connectivity index (χ4v) is 3.78. The number of carboxylic acids is 1. The van der Waals surface area contributed by atoms with E-state index < -0.39 is 35.8 Å². The van der Waals surface area contributed by atoms with Gasteiger partial charge in [0.15, 0.2) is 6.04 Å². The summed E-state index contributed by atoms with van der Waals surface area (Å²) in [5.74, 6) is -3.53. The molecule has 2 fully saturated rings. The number of imide groups is 1.